The van der Waals surface area contributed by atoms with Crippen LogP contribution in [0.5, 0.6) is 5.75 Å². The minimum atomic E-state index is -3.09. The summed E-state index contributed by atoms with van der Waals surface area (Å²) in [5, 5.41) is 20.4. The van der Waals surface area contributed by atoms with Gasteiger partial charge in [-0.1, -0.05) is 42.5 Å². The number of hydrogen-bond donors (Lipinski definition) is 3. The third kappa shape index (κ3) is 7.16. The fraction of sp³-hybridized carbons (Fsp3) is 0.286. The molecule has 0 aliphatic rings. The molecule has 0 aromatic heterocycles. The second kappa shape index (κ2) is 10.9. The van der Waals surface area contributed by atoms with Gasteiger partial charge in [-0.05, 0) is 23.6 Å². The van der Waals surface area contributed by atoms with Gasteiger partial charge in [0.2, 0.25) is 5.91 Å². The summed E-state index contributed by atoms with van der Waals surface area (Å²) in [6, 6.07) is 12.5. The van der Waals surface area contributed by atoms with Crippen molar-refractivity contribution in [2.45, 2.75) is 38.3 Å². The molecule has 0 radical (unpaired) electrons. The number of carbonyl (C=O) groups is 3. The van der Waals surface area contributed by atoms with Crippen LogP contribution in [0, 0.1) is 0 Å². The average Bonchev–Trinajstić information content (AvgIpc) is 2.67. The number of halogens is 2. The van der Waals surface area contributed by atoms with Crippen LogP contribution in [0.2, 0.25) is 0 Å². The largest absolute Gasteiger partial charge is 0.481 e. The number of amides is 1. The Morgan fingerprint density at radius 1 is 0.933 bits per heavy atom. The molecule has 9 heteroatoms. The first-order chi connectivity index (χ1) is 14.3. The van der Waals surface area contributed by atoms with E-state index in [1.807, 2.05) is 0 Å². The van der Waals surface area contributed by atoms with E-state index >= 15 is 0 Å². The SMILES string of the molecule is O=C(O)CCC(=O)NC(CC(=O)O)Cc1c(OC(F)F)cccc1-c1ccccc1. The molecule has 0 saturated heterocycles. The molecule has 1 unspecified atom stereocenters. The molecule has 0 aliphatic carbocycles. The summed E-state index contributed by atoms with van der Waals surface area (Å²) < 4.78 is 30.5. The molecule has 1 amide bonds. The second-order valence-corrected chi connectivity index (χ2v) is 6.49. The standard InChI is InChI=1S/C21H21F2NO6/c22-21(23)30-17-8-4-7-15(13-5-2-1-3-6-13)16(17)11-14(12-20(28)29)24-18(25)9-10-19(26)27/h1-8,14,21H,9-12H2,(H,24,25)(H,26,27)(H,28,29). The van der Waals surface area contributed by atoms with Crippen molar-refractivity contribution in [3.8, 4) is 16.9 Å². The van der Waals surface area contributed by atoms with Gasteiger partial charge in [-0.25, -0.2) is 0 Å². The maximum Gasteiger partial charge on any atom is 0.387 e. The van der Waals surface area contributed by atoms with E-state index in [-0.39, 0.29) is 18.6 Å². The Balaban J connectivity index is 2.37. The van der Waals surface area contributed by atoms with Crippen LogP contribution in [0.3, 0.4) is 0 Å². The highest BCUT2D eigenvalue weighted by atomic mass is 19.3. The third-order valence-electron chi connectivity index (χ3n) is 4.24. The minimum Gasteiger partial charge on any atom is -0.481 e. The second-order valence-electron chi connectivity index (χ2n) is 6.49. The highest BCUT2D eigenvalue weighted by Gasteiger charge is 2.22. The average molecular weight is 421 g/mol. The van der Waals surface area contributed by atoms with E-state index in [4.69, 9.17) is 5.11 Å². The normalized spacial score (nSPS) is 11.7. The molecule has 2 aromatic rings. The fourth-order valence-electron chi connectivity index (χ4n) is 3.02. The number of carboxylic acids is 2. The van der Waals surface area contributed by atoms with Crippen molar-refractivity contribution >= 4 is 17.8 Å². The van der Waals surface area contributed by atoms with E-state index in [0.29, 0.717) is 16.7 Å². The Hall–Kier alpha value is -3.49. The molecule has 0 saturated carbocycles. The fourth-order valence-corrected chi connectivity index (χ4v) is 3.02. The van der Waals surface area contributed by atoms with Gasteiger partial charge in [0.1, 0.15) is 5.75 Å². The van der Waals surface area contributed by atoms with Crippen molar-refractivity contribution in [1.82, 2.24) is 5.32 Å². The van der Waals surface area contributed by atoms with E-state index in [1.54, 1.807) is 42.5 Å². The molecule has 0 heterocycles. The predicted octanol–water partition coefficient (Wildman–Crippen LogP) is 3.32. The lowest BCUT2D eigenvalue weighted by Gasteiger charge is -2.21. The lowest BCUT2D eigenvalue weighted by molar-refractivity contribution is -0.140. The Labute approximate surface area is 171 Å². The van der Waals surface area contributed by atoms with Gasteiger partial charge in [0.05, 0.1) is 12.8 Å². The van der Waals surface area contributed by atoms with E-state index < -0.39 is 43.3 Å². The molecule has 0 spiro atoms. The smallest absolute Gasteiger partial charge is 0.387 e. The van der Waals surface area contributed by atoms with Gasteiger partial charge in [0.15, 0.2) is 0 Å². The summed E-state index contributed by atoms with van der Waals surface area (Å²) in [6.45, 7) is -3.09. The van der Waals surface area contributed by atoms with Gasteiger partial charge in [0, 0.05) is 18.0 Å². The van der Waals surface area contributed by atoms with Crippen LogP contribution < -0.4 is 10.1 Å². The van der Waals surface area contributed by atoms with Crippen LogP contribution in [0.4, 0.5) is 8.78 Å². The first kappa shape index (κ1) is 22.8. The first-order valence-corrected chi connectivity index (χ1v) is 9.11. The molecule has 1 atom stereocenters. The predicted molar refractivity (Wildman–Crippen MR) is 103 cm³/mol. The molecule has 0 aliphatic heterocycles. The molecular weight excluding hydrogens is 400 g/mol. The molecule has 2 aromatic carbocycles. The van der Waals surface area contributed by atoms with Gasteiger partial charge in [-0.15, -0.1) is 0 Å². The van der Waals surface area contributed by atoms with Crippen LogP contribution in [-0.2, 0) is 20.8 Å². The van der Waals surface area contributed by atoms with Gasteiger partial charge in [0.25, 0.3) is 0 Å². The van der Waals surface area contributed by atoms with Gasteiger partial charge >= 0.3 is 18.6 Å². The number of ether oxygens (including phenoxy) is 1. The lowest BCUT2D eigenvalue weighted by atomic mass is 9.93. The summed E-state index contributed by atoms with van der Waals surface area (Å²) in [5.41, 5.74) is 1.58. The Kier molecular flexibility index (Phi) is 8.28. The van der Waals surface area contributed by atoms with Crippen LogP contribution in [0.25, 0.3) is 11.1 Å². The monoisotopic (exact) mass is 421 g/mol. The van der Waals surface area contributed by atoms with E-state index in [0.717, 1.165) is 0 Å². The summed E-state index contributed by atoms with van der Waals surface area (Å²) in [7, 11) is 0. The molecule has 0 fully saturated rings. The number of nitrogens with one attached hydrogen (secondary N) is 1. The quantitative estimate of drug-likeness (QED) is 0.513. The zero-order chi connectivity index (χ0) is 22.1. The van der Waals surface area contributed by atoms with Crippen molar-refractivity contribution in [1.29, 1.82) is 0 Å². The van der Waals surface area contributed by atoms with Crippen LogP contribution in [0.15, 0.2) is 48.5 Å². The number of rotatable bonds is 11. The summed E-state index contributed by atoms with van der Waals surface area (Å²) in [5.74, 6) is -3.13. The number of carboxylic acid groups (broad SMARTS) is 2. The lowest BCUT2D eigenvalue weighted by Crippen LogP contribution is -2.38. The number of aliphatic carboxylic acids is 2. The van der Waals surface area contributed by atoms with Crippen LogP contribution in [0.1, 0.15) is 24.8 Å². The molecule has 7 nitrogen and oxygen atoms in total. The highest BCUT2D eigenvalue weighted by Crippen LogP contribution is 2.33. The Bertz CT molecular complexity index is 888. The van der Waals surface area contributed by atoms with Crippen LogP contribution in [-0.4, -0.2) is 40.7 Å². The maximum absolute atomic E-state index is 12.9. The molecule has 30 heavy (non-hydrogen) atoms. The number of alkyl halides is 2. The van der Waals surface area contributed by atoms with Crippen molar-refractivity contribution in [2.24, 2.45) is 0 Å². The van der Waals surface area contributed by atoms with Crippen molar-refractivity contribution in [3.05, 3.63) is 54.1 Å². The Morgan fingerprint density at radius 2 is 1.63 bits per heavy atom. The van der Waals surface area contributed by atoms with Crippen molar-refractivity contribution in [3.63, 3.8) is 0 Å². The van der Waals surface area contributed by atoms with Gasteiger partial charge < -0.3 is 20.3 Å². The Morgan fingerprint density at radius 3 is 2.23 bits per heavy atom. The first-order valence-electron chi connectivity index (χ1n) is 9.11. The number of carbonyl (C=O) groups excluding carboxylic acids is 1. The minimum absolute atomic E-state index is 0.0990. The third-order valence-corrected chi connectivity index (χ3v) is 4.24. The molecule has 0 bridgehead atoms. The topological polar surface area (TPSA) is 113 Å². The van der Waals surface area contributed by atoms with Crippen molar-refractivity contribution in [2.75, 3.05) is 0 Å². The van der Waals surface area contributed by atoms with Crippen molar-refractivity contribution < 1.29 is 38.1 Å². The zero-order valence-electron chi connectivity index (χ0n) is 15.9. The van der Waals surface area contributed by atoms with E-state index in [2.05, 4.69) is 10.1 Å². The number of hydrogen-bond acceptors (Lipinski definition) is 4. The zero-order valence-corrected chi connectivity index (χ0v) is 15.9. The highest BCUT2D eigenvalue weighted by molar-refractivity contribution is 5.81. The van der Waals surface area contributed by atoms with E-state index in [1.165, 1.54) is 6.07 Å². The van der Waals surface area contributed by atoms with Gasteiger partial charge in [-0.3, -0.25) is 14.4 Å². The maximum atomic E-state index is 12.9. The summed E-state index contributed by atoms with van der Waals surface area (Å²) in [6.07, 6.45) is -1.31. The summed E-state index contributed by atoms with van der Waals surface area (Å²) >= 11 is 0. The summed E-state index contributed by atoms with van der Waals surface area (Å²) in [4.78, 5) is 33.9. The molecule has 2 rings (SSSR count). The van der Waals surface area contributed by atoms with Crippen LogP contribution >= 0.6 is 0 Å². The van der Waals surface area contributed by atoms with E-state index in [9.17, 15) is 28.3 Å². The molecular formula is C21H21F2NO6. The molecule has 3 N–H and O–H groups in total. The number of benzene rings is 2. The molecule has 160 valence electrons. The van der Waals surface area contributed by atoms with Gasteiger partial charge in [-0.2, -0.15) is 8.78 Å².